The van der Waals surface area contributed by atoms with Crippen molar-refractivity contribution in [3.63, 3.8) is 0 Å². The summed E-state index contributed by atoms with van der Waals surface area (Å²) in [5, 5.41) is 23.6. The number of amides is 1. The summed E-state index contributed by atoms with van der Waals surface area (Å²) in [4.78, 5) is 15.4. The molecule has 0 atom stereocenters. The first kappa shape index (κ1) is 18.6. The third-order valence-electron chi connectivity index (χ3n) is 4.51. The van der Waals surface area contributed by atoms with Gasteiger partial charge in [0.05, 0.1) is 6.61 Å². The molecule has 0 spiro atoms. The predicted molar refractivity (Wildman–Crippen MR) is 104 cm³/mol. The molecular formula is C20H24N2O3S. The van der Waals surface area contributed by atoms with E-state index in [1.807, 2.05) is 23.6 Å². The second-order valence-electron chi connectivity index (χ2n) is 6.58. The van der Waals surface area contributed by atoms with Crippen molar-refractivity contribution < 1.29 is 15.0 Å². The van der Waals surface area contributed by atoms with Gasteiger partial charge in [0.1, 0.15) is 5.75 Å². The lowest BCUT2D eigenvalue weighted by Crippen LogP contribution is -2.43. The van der Waals surface area contributed by atoms with E-state index in [1.165, 1.54) is 11.3 Å². The van der Waals surface area contributed by atoms with E-state index >= 15 is 0 Å². The highest BCUT2D eigenvalue weighted by Gasteiger charge is 2.20. The van der Waals surface area contributed by atoms with Crippen LogP contribution in [-0.4, -0.2) is 40.2 Å². The number of carbonyl (C=O) groups excluding carboxylic acids is 1. The zero-order valence-electron chi connectivity index (χ0n) is 14.6. The molecule has 0 aliphatic carbocycles. The summed E-state index contributed by atoms with van der Waals surface area (Å²) in [6, 6.07) is 9.44. The van der Waals surface area contributed by atoms with E-state index in [1.54, 1.807) is 24.3 Å². The Bertz CT molecular complexity index is 764. The topological polar surface area (TPSA) is 72.8 Å². The van der Waals surface area contributed by atoms with Crippen LogP contribution in [0.4, 0.5) is 0 Å². The zero-order valence-corrected chi connectivity index (χ0v) is 15.4. The molecule has 138 valence electrons. The highest BCUT2D eigenvalue weighted by Crippen LogP contribution is 2.18. The minimum atomic E-state index is -0.0737. The monoisotopic (exact) mass is 372 g/mol. The van der Waals surface area contributed by atoms with E-state index in [0.29, 0.717) is 5.75 Å². The maximum atomic E-state index is 12.1. The number of phenolic OH excluding ortho intramolecular Hbond substituents is 1. The van der Waals surface area contributed by atoms with Crippen LogP contribution >= 0.6 is 11.3 Å². The van der Waals surface area contributed by atoms with Crippen LogP contribution in [0.5, 0.6) is 5.75 Å². The van der Waals surface area contributed by atoms with Gasteiger partial charge in [0.2, 0.25) is 5.91 Å². The molecule has 26 heavy (non-hydrogen) atoms. The van der Waals surface area contributed by atoms with Crippen molar-refractivity contribution in [1.29, 1.82) is 0 Å². The number of aromatic hydroxyl groups is 1. The number of benzene rings is 1. The molecule has 1 fully saturated rings. The fraction of sp³-hybridized carbons (Fsp3) is 0.350. The van der Waals surface area contributed by atoms with Gasteiger partial charge in [-0.05, 0) is 53.6 Å². The van der Waals surface area contributed by atoms with E-state index in [0.717, 1.165) is 48.5 Å². The molecule has 0 unspecified atom stereocenters. The fourth-order valence-corrected chi connectivity index (χ4v) is 3.92. The summed E-state index contributed by atoms with van der Waals surface area (Å²) >= 11 is 1.51. The van der Waals surface area contributed by atoms with Crippen molar-refractivity contribution in [2.45, 2.75) is 32.0 Å². The van der Waals surface area contributed by atoms with Gasteiger partial charge in [-0.2, -0.15) is 0 Å². The van der Waals surface area contributed by atoms with Gasteiger partial charge in [-0.25, -0.2) is 0 Å². The molecule has 0 radical (unpaired) electrons. The average Bonchev–Trinajstić information content (AvgIpc) is 3.10. The van der Waals surface area contributed by atoms with Crippen molar-refractivity contribution >= 4 is 23.3 Å². The number of thiophene rings is 1. The summed E-state index contributed by atoms with van der Waals surface area (Å²) in [7, 11) is 0. The standard InChI is InChI=1S/C20H24N2O3S/c23-13-16-11-19(26-14-16)4-5-20(25)21-17-6-8-22(9-7-17)12-15-2-1-3-18(24)10-15/h1-5,10-11,14,17,23-24H,6-9,12-13H2,(H,21,25)/b5-4+. The number of nitrogens with one attached hydrogen (secondary N) is 1. The lowest BCUT2D eigenvalue weighted by Gasteiger charge is -2.32. The highest BCUT2D eigenvalue weighted by molar-refractivity contribution is 7.11. The van der Waals surface area contributed by atoms with Gasteiger partial charge in [0.15, 0.2) is 0 Å². The number of aliphatic hydroxyl groups excluding tert-OH is 1. The van der Waals surface area contributed by atoms with E-state index in [9.17, 15) is 9.90 Å². The van der Waals surface area contributed by atoms with Crippen LogP contribution in [0.1, 0.15) is 28.8 Å². The smallest absolute Gasteiger partial charge is 0.244 e. The first-order valence-electron chi connectivity index (χ1n) is 8.79. The predicted octanol–water partition coefficient (Wildman–Crippen LogP) is 2.74. The number of carbonyl (C=O) groups is 1. The Morgan fingerprint density at radius 1 is 1.27 bits per heavy atom. The quantitative estimate of drug-likeness (QED) is 0.682. The summed E-state index contributed by atoms with van der Waals surface area (Å²) in [5.41, 5.74) is 1.97. The summed E-state index contributed by atoms with van der Waals surface area (Å²) < 4.78 is 0. The molecule has 1 aromatic heterocycles. The molecule has 3 N–H and O–H groups in total. The maximum Gasteiger partial charge on any atom is 0.244 e. The molecule has 1 amide bonds. The average molecular weight is 372 g/mol. The molecule has 2 aromatic rings. The number of hydrogen-bond donors (Lipinski definition) is 3. The molecule has 0 bridgehead atoms. The molecule has 3 rings (SSSR count). The molecule has 0 saturated carbocycles. The largest absolute Gasteiger partial charge is 0.508 e. The Morgan fingerprint density at radius 2 is 2.08 bits per heavy atom. The van der Waals surface area contributed by atoms with Gasteiger partial charge < -0.3 is 15.5 Å². The Balaban J connectivity index is 1.42. The maximum absolute atomic E-state index is 12.1. The molecular weight excluding hydrogens is 348 g/mol. The fourth-order valence-electron chi connectivity index (χ4n) is 3.12. The van der Waals surface area contributed by atoms with E-state index < -0.39 is 0 Å². The van der Waals surface area contributed by atoms with Crippen LogP contribution in [-0.2, 0) is 17.9 Å². The van der Waals surface area contributed by atoms with Crippen LogP contribution < -0.4 is 5.32 Å². The van der Waals surface area contributed by atoms with Gasteiger partial charge in [0.25, 0.3) is 0 Å². The first-order valence-corrected chi connectivity index (χ1v) is 9.67. The second-order valence-corrected chi connectivity index (χ2v) is 7.52. The first-order chi connectivity index (χ1) is 12.6. The Kier molecular flexibility index (Phi) is 6.44. The SMILES string of the molecule is O=C(/C=C/c1cc(CO)cs1)NC1CCN(Cc2cccc(O)c2)CC1. The third-order valence-corrected chi connectivity index (χ3v) is 5.45. The molecule has 1 aliphatic rings. The van der Waals surface area contributed by atoms with E-state index in [-0.39, 0.29) is 18.6 Å². The lowest BCUT2D eigenvalue weighted by atomic mass is 10.0. The zero-order chi connectivity index (χ0) is 18.4. The number of likely N-dealkylation sites (tertiary alicyclic amines) is 1. The van der Waals surface area contributed by atoms with Crippen LogP contribution in [0, 0.1) is 0 Å². The number of piperidine rings is 1. The summed E-state index contributed by atoms with van der Waals surface area (Å²) in [5.74, 6) is 0.226. The highest BCUT2D eigenvalue weighted by atomic mass is 32.1. The molecule has 5 nitrogen and oxygen atoms in total. The third kappa shape index (κ3) is 5.42. The van der Waals surface area contributed by atoms with Crippen LogP contribution in [0.3, 0.4) is 0 Å². The van der Waals surface area contributed by atoms with Gasteiger partial charge in [-0.1, -0.05) is 12.1 Å². The molecule has 2 heterocycles. The van der Waals surface area contributed by atoms with Crippen molar-refractivity contribution in [1.82, 2.24) is 10.2 Å². The number of aliphatic hydroxyl groups is 1. The molecule has 1 saturated heterocycles. The van der Waals surface area contributed by atoms with Crippen molar-refractivity contribution in [2.75, 3.05) is 13.1 Å². The summed E-state index contributed by atoms with van der Waals surface area (Å²) in [6.07, 6.45) is 5.19. The molecule has 6 heteroatoms. The van der Waals surface area contributed by atoms with Crippen molar-refractivity contribution in [3.8, 4) is 5.75 Å². The van der Waals surface area contributed by atoms with Crippen molar-refractivity contribution in [2.24, 2.45) is 0 Å². The Morgan fingerprint density at radius 3 is 2.77 bits per heavy atom. The second kappa shape index (κ2) is 8.98. The van der Waals surface area contributed by atoms with Gasteiger partial charge in [0, 0.05) is 36.6 Å². The number of nitrogens with zero attached hydrogens (tertiary/aromatic N) is 1. The molecule has 1 aromatic carbocycles. The van der Waals surface area contributed by atoms with Crippen LogP contribution in [0.25, 0.3) is 6.08 Å². The van der Waals surface area contributed by atoms with Crippen LogP contribution in [0.15, 0.2) is 41.8 Å². The number of hydrogen-bond acceptors (Lipinski definition) is 5. The minimum absolute atomic E-state index is 0.0255. The Labute approximate surface area is 157 Å². The summed E-state index contributed by atoms with van der Waals surface area (Å²) in [6.45, 7) is 2.70. The van der Waals surface area contributed by atoms with Gasteiger partial charge in [-0.3, -0.25) is 9.69 Å². The van der Waals surface area contributed by atoms with Crippen LogP contribution in [0.2, 0.25) is 0 Å². The molecule has 1 aliphatic heterocycles. The van der Waals surface area contributed by atoms with E-state index in [2.05, 4.69) is 10.2 Å². The normalized spacial score (nSPS) is 16.2. The number of phenols is 1. The Hall–Kier alpha value is -2.15. The van der Waals surface area contributed by atoms with Crippen molar-refractivity contribution in [3.05, 3.63) is 57.8 Å². The van der Waals surface area contributed by atoms with E-state index in [4.69, 9.17) is 5.11 Å². The van der Waals surface area contributed by atoms with Gasteiger partial charge in [-0.15, -0.1) is 11.3 Å². The minimum Gasteiger partial charge on any atom is -0.508 e. The number of rotatable bonds is 6. The lowest BCUT2D eigenvalue weighted by molar-refractivity contribution is -0.117. The van der Waals surface area contributed by atoms with Gasteiger partial charge >= 0.3 is 0 Å².